The van der Waals surface area contributed by atoms with Gasteiger partial charge in [0.25, 0.3) is 0 Å². The first-order valence-electron chi connectivity index (χ1n) is 10.1. The fourth-order valence-corrected chi connectivity index (χ4v) is 5.51. The highest BCUT2D eigenvalue weighted by molar-refractivity contribution is 7.19. The van der Waals surface area contributed by atoms with Crippen molar-refractivity contribution < 1.29 is 4.79 Å². The Morgan fingerprint density at radius 1 is 1.07 bits per heavy atom. The first-order valence-corrected chi connectivity index (χ1v) is 10.9. The summed E-state index contributed by atoms with van der Waals surface area (Å²) in [7, 11) is 0. The Morgan fingerprint density at radius 2 is 1.78 bits per heavy atom. The molecule has 0 unspecified atom stereocenters. The molecular formula is C21H30N4OS. The molecule has 0 N–H and O–H groups in total. The molecule has 1 saturated heterocycles. The van der Waals surface area contributed by atoms with Crippen LogP contribution in [-0.4, -0.2) is 47.0 Å². The van der Waals surface area contributed by atoms with E-state index in [1.807, 2.05) is 23.2 Å². The molecule has 4 rings (SSSR count). The van der Waals surface area contributed by atoms with Gasteiger partial charge in [0.2, 0.25) is 5.91 Å². The summed E-state index contributed by atoms with van der Waals surface area (Å²) < 4.78 is 0. The van der Waals surface area contributed by atoms with Gasteiger partial charge in [-0.1, -0.05) is 20.8 Å². The maximum Gasteiger partial charge on any atom is 0.223 e. The van der Waals surface area contributed by atoms with Crippen LogP contribution in [0.25, 0.3) is 10.2 Å². The van der Waals surface area contributed by atoms with Gasteiger partial charge >= 0.3 is 0 Å². The van der Waals surface area contributed by atoms with Crippen molar-refractivity contribution in [2.45, 2.75) is 59.8 Å². The Bertz CT molecular complexity index is 859. The van der Waals surface area contributed by atoms with Crippen molar-refractivity contribution in [2.75, 3.05) is 31.1 Å². The monoisotopic (exact) mass is 386 g/mol. The van der Waals surface area contributed by atoms with E-state index < -0.39 is 0 Å². The molecule has 1 aliphatic heterocycles. The number of hydrogen-bond donors (Lipinski definition) is 0. The van der Waals surface area contributed by atoms with Crippen molar-refractivity contribution in [1.82, 2.24) is 14.9 Å². The molecule has 5 nitrogen and oxygen atoms in total. The van der Waals surface area contributed by atoms with Gasteiger partial charge in [0.05, 0.1) is 5.39 Å². The van der Waals surface area contributed by atoms with Crippen LogP contribution in [0.2, 0.25) is 0 Å². The highest BCUT2D eigenvalue weighted by Crippen LogP contribution is 2.40. The Morgan fingerprint density at radius 3 is 2.48 bits per heavy atom. The van der Waals surface area contributed by atoms with Crippen LogP contribution in [0, 0.1) is 12.3 Å². The summed E-state index contributed by atoms with van der Waals surface area (Å²) in [5, 5.41) is 1.29. The number of thiophene rings is 1. The van der Waals surface area contributed by atoms with Crippen molar-refractivity contribution in [1.29, 1.82) is 0 Å². The molecule has 0 atom stereocenters. The van der Waals surface area contributed by atoms with E-state index in [1.165, 1.54) is 35.1 Å². The lowest BCUT2D eigenvalue weighted by atomic mass is 9.91. The number of anilines is 1. The van der Waals surface area contributed by atoms with Gasteiger partial charge in [0, 0.05) is 37.5 Å². The maximum absolute atomic E-state index is 12.6. The lowest BCUT2D eigenvalue weighted by molar-refractivity contribution is -0.133. The van der Waals surface area contributed by atoms with E-state index in [2.05, 4.69) is 25.7 Å². The van der Waals surface area contributed by atoms with E-state index in [1.54, 1.807) is 0 Å². The van der Waals surface area contributed by atoms with Crippen LogP contribution in [0.15, 0.2) is 0 Å². The molecule has 0 radical (unpaired) electrons. The number of piperazine rings is 1. The van der Waals surface area contributed by atoms with Crippen molar-refractivity contribution >= 4 is 33.3 Å². The molecule has 146 valence electrons. The zero-order chi connectivity index (χ0) is 19.2. The Labute approximate surface area is 165 Å². The first kappa shape index (κ1) is 18.7. The Hall–Kier alpha value is -1.69. The third-order valence-corrected chi connectivity index (χ3v) is 6.71. The van der Waals surface area contributed by atoms with Gasteiger partial charge in [-0.2, -0.15) is 0 Å². The minimum atomic E-state index is 0.0416. The van der Waals surface area contributed by atoms with Crippen LogP contribution in [0.3, 0.4) is 0 Å². The van der Waals surface area contributed by atoms with E-state index in [-0.39, 0.29) is 11.3 Å². The fourth-order valence-electron chi connectivity index (χ4n) is 4.20. The molecule has 1 aliphatic carbocycles. The topological polar surface area (TPSA) is 49.3 Å². The summed E-state index contributed by atoms with van der Waals surface area (Å²) in [6.45, 7) is 11.6. The van der Waals surface area contributed by atoms with Crippen molar-refractivity contribution in [2.24, 2.45) is 5.41 Å². The number of rotatable bonds is 2. The van der Waals surface area contributed by atoms with Crippen LogP contribution < -0.4 is 4.90 Å². The summed E-state index contributed by atoms with van der Waals surface area (Å²) in [4.78, 5) is 29.2. The molecule has 2 aromatic rings. The summed E-state index contributed by atoms with van der Waals surface area (Å²) in [6.07, 6.45) is 5.50. The molecule has 1 amide bonds. The second kappa shape index (κ2) is 7.04. The number of aromatic nitrogens is 2. The number of aryl methyl sites for hydroxylation is 3. The molecule has 27 heavy (non-hydrogen) atoms. The average Bonchev–Trinajstić information content (AvgIpc) is 2.97. The van der Waals surface area contributed by atoms with E-state index in [9.17, 15) is 4.79 Å². The Kier molecular flexibility index (Phi) is 4.87. The number of amides is 1. The SMILES string of the molecule is Cc1nc(N2CCN(C(=O)CC(C)(C)C)CC2)c2c3c(sc2n1)CCCC3. The van der Waals surface area contributed by atoms with Crippen LogP contribution in [0.5, 0.6) is 0 Å². The molecule has 6 heteroatoms. The van der Waals surface area contributed by atoms with Crippen molar-refractivity contribution in [3.8, 4) is 0 Å². The molecule has 1 fully saturated rings. The summed E-state index contributed by atoms with van der Waals surface area (Å²) >= 11 is 1.86. The largest absolute Gasteiger partial charge is 0.352 e. The molecule has 0 spiro atoms. The van der Waals surface area contributed by atoms with Crippen LogP contribution >= 0.6 is 11.3 Å². The van der Waals surface area contributed by atoms with Crippen LogP contribution in [0.1, 0.15) is 56.3 Å². The third-order valence-electron chi connectivity index (χ3n) is 5.52. The molecule has 2 aliphatic rings. The highest BCUT2D eigenvalue weighted by Gasteiger charge is 2.28. The minimum absolute atomic E-state index is 0.0416. The zero-order valence-corrected chi connectivity index (χ0v) is 17.8. The van der Waals surface area contributed by atoms with Gasteiger partial charge < -0.3 is 9.80 Å². The van der Waals surface area contributed by atoms with Gasteiger partial charge in [0.15, 0.2) is 0 Å². The van der Waals surface area contributed by atoms with E-state index in [0.717, 1.165) is 49.1 Å². The molecule has 0 bridgehead atoms. The first-order chi connectivity index (χ1) is 12.8. The van der Waals surface area contributed by atoms with Gasteiger partial charge in [-0.05, 0) is 43.6 Å². The quantitative estimate of drug-likeness (QED) is 0.784. The number of carbonyl (C=O) groups excluding carboxylic acids is 1. The third kappa shape index (κ3) is 3.82. The van der Waals surface area contributed by atoms with Gasteiger partial charge in [0.1, 0.15) is 16.5 Å². The summed E-state index contributed by atoms with van der Waals surface area (Å²) in [5.74, 6) is 2.22. The predicted octanol–water partition coefficient (Wildman–Crippen LogP) is 3.96. The van der Waals surface area contributed by atoms with Crippen LogP contribution in [-0.2, 0) is 17.6 Å². The zero-order valence-electron chi connectivity index (χ0n) is 17.0. The maximum atomic E-state index is 12.6. The highest BCUT2D eigenvalue weighted by atomic mass is 32.1. The van der Waals surface area contributed by atoms with Crippen LogP contribution in [0.4, 0.5) is 5.82 Å². The van der Waals surface area contributed by atoms with E-state index in [4.69, 9.17) is 9.97 Å². The Balaban J connectivity index is 1.57. The van der Waals surface area contributed by atoms with Gasteiger partial charge in [-0.15, -0.1) is 11.3 Å². The second-order valence-electron chi connectivity index (χ2n) is 9.09. The lowest BCUT2D eigenvalue weighted by Crippen LogP contribution is -2.49. The number of carbonyl (C=O) groups is 1. The number of fused-ring (bicyclic) bond motifs is 3. The fraction of sp³-hybridized carbons (Fsp3) is 0.667. The van der Waals surface area contributed by atoms with Gasteiger partial charge in [-0.3, -0.25) is 4.79 Å². The van der Waals surface area contributed by atoms with E-state index >= 15 is 0 Å². The standard InChI is InChI=1S/C21H30N4OS/c1-14-22-19(18-15-7-5-6-8-16(15)27-20(18)23-14)25-11-9-24(10-12-25)17(26)13-21(2,3)4/h5-13H2,1-4H3. The molecule has 3 heterocycles. The predicted molar refractivity (Wildman–Crippen MR) is 112 cm³/mol. The number of nitrogens with zero attached hydrogens (tertiary/aromatic N) is 4. The van der Waals surface area contributed by atoms with Gasteiger partial charge in [-0.25, -0.2) is 9.97 Å². The minimum Gasteiger partial charge on any atom is -0.352 e. The summed E-state index contributed by atoms with van der Waals surface area (Å²) in [6, 6.07) is 0. The molecule has 0 saturated carbocycles. The summed E-state index contributed by atoms with van der Waals surface area (Å²) in [5.41, 5.74) is 1.53. The molecular weight excluding hydrogens is 356 g/mol. The second-order valence-corrected chi connectivity index (χ2v) is 10.2. The molecule has 0 aromatic carbocycles. The normalized spacial score (nSPS) is 18.1. The number of hydrogen-bond acceptors (Lipinski definition) is 5. The van der Waals surface area contributed by atoms with E-state index in [0.29, 0.717) is 6.42 Å². The smallest absolute Gasteiger partial charge is 0.223 e. The van der Waals surface area contributed by atoms with Crippen molar-refractivity contribution in [3.05, 3.63) is 16.3 Å². The lowest BCUT2D eigenvalue weighted by Gasteiger charge is -2.37. The van der Waals surface area contributed by atoms with Crippen molar-refractivity contribution in [3.63, 3.8) is 0 Å². The average molecular weight is 387 g/mol. The molecule has 2 aromatic heterocycles.